The molecule has 0 unspecified atom stereocenters. The highest BCUT2D eigenvalue weighted by Gasteiger charge is 2.17. The summed E-state index contributed by atoms with van der Waals surface area (Å²) in [7, 11) is 0. The molecule has 0 spiro atoms. The van der Waals surface area contributed by atoms with E-state index in [1.54, 1.807) is 18.2 Å². The first-order valence-electron chi connectivity index (χ1n) is 5.01. The Labute approximate surface area is 99.8 Å². The fourth-order valence-corrected chi connectivity index (χ4v) is 1.92. The van der Waals surface area contributed by atoms with Crippen molar-refractivity contribution in [3.8, 4) is 0 Å². The van der Waals surface area contributed by atoms with E-state index in [0.717, 1.165) is 22.2 Å². The van der Waals surface area contributed by atoms with Gasteiger partial charge in [-0.15, -0.1) is 0 Å². The van der Waals surface area contributed by atoms with Gasteiger partial charge in [0.15, 0.2) is 0 Å². The second kappa shape index (κ2) is 5.37. The number of carbonyl (C=O) groups is 1. The van der Waals surface area contributed by atoms with E-state index in [0.29, 0.717) is 0 Å². The van der Waals surface area contributed by atoms with Crippen LogP contribution in [0.4, 0.5) is 4.79 Å². The van der Waals surface area contributed by atoms with Gasteiger partial charge >= 0.3 is 5.30 Å². The lowest BCUT2D eigenvalue weighted by Gasteiger charge is -2.18. The summed E-state index contributed by atoms with van der Waals surface area (Å²) in [5.41, 5.74) is 0.312. The van der Waals surface area contributed by atoms with E-state index >= 15 is 0 Å². The van der Waals surface area contributed by atoms with Gasteiger partial charge in [-0.1, -0.05) is 12.1 Å². The molecule has 0 radical (unpaired) electrons. The monoisotopic (exact) mass is 240 g/mol. The maximum atomic E-state index is 11.5. The molecule has 0 saturated heterocycles. The summed E-state index contributed by atoms with van der Waals surface area (Å²) in [6, 6.07) is 7.19. The molecule has 0 fully saturated rings. The summed E-state index contributed by atoms with van der Waals surface area (Å²) in [5.74, 6) is 0. The van der Waals surface area contributed by atoms with Crippen LogP contribution in [0.25, 0.3) is 0 Å². The van der Waals surface area contributed by atoms with Crippen LogP contribution in [0.2, 0.25) is 0 Å². The highest BCUT2D eigenvalue weighted by molar-refractivity contribution is 8.13. The van der Waals surface area contributed by atoms with Crippen LogP contribution in [0.1, 0.15) is 26.3 Å². The van der Waals surface area contributed by atoms with Gasteiger partial charge in [0, 0.05) is 4.90 Å². The van der Waals surface area contributed by atoms with Gasteiger partial charge in [-0.3, -0.25) is 0 Å². The smallest absolute Gasteiger partial charge is 0.372 e. The zero-order valence-electron chi connectivity index (χ0n) is 9.69. The van der Waals surface area contributed by atoms with Gasteiger partial charge in [-0.2, -0.15) is 0 Å². The van der Waals surface area contributed by atoms with E-state index < -0.39 is 5.60 Å². The molecule has 1 N–H and O–H groups in total. The van der Waals surface area contributed by atoms with Crippen LogP contribution in [-0.2, 0) is 11.3 Å². The Balaban J connectivity index is 2.62. The predicted molar refractivity (Wildman–Crippen MR) is 64.5 cm³/mol. The summed E-state index contributed by atoms with van der Waals surface area (Å²) < 4.78 is 5.18. The lowest BCUT2D eigenvalue weighted by atomic mass is 10.2. The van der Waals surface area contributed by atoms with Crippen molar-refractivity contribution in [1.82, 2.24) is 0 Å². The summed E-state index contributed by atoms with van der Waals surface area (Å²) in [5, 5.41) is 8.63. The van der Waals surface area contributed by atoms with Crippen molar-refractivity contribution in [3.63, 3.8) is 0 Å². The second-order valence-corrected chi connectivity index (χ2v) is 5.38. The molecule has 88 valence electrons. The van der Waals surface area contributed by atoms with Gasteiger partial charge in [0.25, 0.3) is 0 Å². The number of benzene rings is 1. The molecule has 0 aromatic heterocycles. The average Bonchev–Trinajstić information content (AvgIpc) is 2.15. The van der Waals surface area contributed by atoms with Crippen LogP contribution in [0.5, 0.6) is 0 Å². The summed E-state index contributed by atoms with van der Waals surface area (Å²) in [6.45, 7) is 5.46. The minimum Gasteiger partial charge on any atom is -0.452 e. The predicted octanol–water partition coefficient (Wildman–Crippen LogP) is 3.21. The number of rotatable bonds is 2. The zero-order chi connectivity index (χ0) is 12.2. The number of hydrogen-bond donors (Lipinski definition) is 1. The molecule has 1 aromatic rings. The third-order valence-corrected chi connectivity index (χ3v) is 2.41. The SMILES string of the molecule is CC(C)(C)OC(=O)Sc1cccc(CO)c1. The number of thioether (sulfide) groups is 1. The van der Waals surface area contributed by atoms with Crippen LogP contribution in [0.3, 0.4) is 0 Å². The summed E-state index contributed by atoms with van der Waals surface area (Å²) >= 11 is 1.03. The van der Waals surface area contributed by atoms with Crippen LogP contribution in [-0.4, -0.2) is 16.0 Å². The van der Waals surface area contributed by atoms with Gasteiger partial charge in [0.2, 0.25) is 0 Å². The normalized spacial score (nSPS) is 11.2. The van der Waals surface area contributed by atoms with Crippen molar-refractivity contribution in [3.05, 3.63) is 29.8 Å². The van der Waals surface area contributed by atoms with Crippen molar-refractivity contribution in [2.24, 2.45) is 0 Å². The average molecular weight is 240 g/mol. The Hall–Kier alpha value is -1.00. The van der Waals surface area contributed by atoms with E-state index in [2.05, 4.69) is 0 Å². The maximum Gasteiger partial charge on any atom is 0.372 e. The largest absolute Gasteiger partial charge is 0.452 e. The fraction of sp³-hybridized carbons (Fsp3) is 0.417. The molecular formula is C12H16O3S. The van der Waals surface area contributed by atoms with Gasteiger partial charge in [0.05, 0.1) is 6.61 Å². The van der Waals surface area contributed by atoms with Crippen molar-refractivity contribution in [2.75, 3.05) is 0 Å². The molecular weight excluding hydrogens is 224 g/mol. The van der Waals surface area contributed by atoms with Crippen molar-refractivity contribution in [2.45, 2.75) is 37.9 Å². The number of hydrogen-bond acceptors (Lipinski definition) is 4. The Kier molecular flexibility index (Phi) is 4.38. The Morgan fingerprint density at radius 1 is 1.44 bits per heavy atom. The molecule has 0 aliphatic heterocycles. The van der Waals surface area contributed by atoms with Crippen LogP contribution in [0, 0.1) is 0 Å². The Bertz CT molecular complexity index is 369. The third-order valence-electron chi connectivity index (χ3n) is 1.67. The summed E-state index contributed by atoms with van der Waals surface area (Å²) in [6.07, 6.45) is 0. The minimum atomic E-state index is -0.474. The maximum absolute atomic E-state index is 11.5. The molecule has 0 heterocycles. The van der Waals surface area contributed by atoms with Crippen molar-refractivity contribution < 1.29 is 14.6 Å². The molecule has 3 nitrogen and oxygen atoms in total. The molecule has 0 aliphatic carbocycles. The highest BCUT2D eigenvalue weighted by Crippen LogP contribution is 2.24. The minimum absolute atomic E-state index is 0.0251. The van der Waals surface area contributed by atoms with E-state index in [1.165, 1.54) is 0 Å². The molecule has 0 saturated carbocycles. The van der Waals surface area contributed by atoms with E-state index in [4.69, 9.17) is 9.84 Å². The lowest BCUT2D eigenvalue weighted by Crippen LogP contribution is -2.21. The molecule has 1 rings (SSSR count). The van der Waals surface area contributed by atoms with Crippen molar-refractivity contribution in [1.29, 1.82) is 0 Å². The number of aliphatic hydroxyl groups excluding tert-OH is 1. The molecule has 16 heavy (non-hydrogen) atoms. The van der Waals surface area contributed by atoms with Crippen LogP contribution >= 0.6 is 11.8 Å². The number of aliphatic hydroxyl groups is 1. The molecule has 1 aromatic carbocycles. The first kappa shape index (κ1) is 13.1. The molecule has 0 amide bonds. The van der Waals surface area contributed by atoms with E-state index in [9.17, 15) is 4.79 Å². The van der Waals surface area contributed by atoms with Crippen LogP contribution < -0.4 is 0 Å². The number of carbonyl (C=O) groups excluding carboxylic acids is 1. The number of ether oxygens (including phenoxy) is 1. The quantitative estimate of drug-likeness (QED) is 0.637. The standard InChI is InChI=1S/C12H16O3S/c1-12(2,3)15-11(14)16-10-6-4-5-9(7-10)8-13/h4-7,13H,8H2,1-3H3. The molecule has 0 atom stereocenters. The fourth-order valence-electron chi connectivity index (χ4n) is 1.07. The third kappa shape index (κ3) is 4.68. The summed E-state index contributed by atoms with van der Waals surface area (Å²) in [4.78, 5) is 12.3. The first-order chi connectivity index (χ1) is 7.40. The van der Waals surface area contributed by atoms with E-state index in [1.807, 2.05) is 26.8 Å². The molecule has 0 bridgehead atoms. The first-order valence-corrected chi connectivity index (χ1v) is 5.83. The Morgan fingerprint density at radius 3 is 2.69 bits per heavy atom. The Morgan fingerprint density at radius 2 is 2.12 bits per heavy atom. The van der Waals surface area contributed by atoms with Gasteiger partial charge in [-0.25, -0.2) is 4.79 Å². The van der Waals surface area contributed by atoms with Crippen LogP contribution in [0.15, 0.2) is 29.2 Å². The second-order valence-electron chi connectivity index (χ2n) is 4.37. The molecule has 0 aliphatic rings. The zero-order valence-corrected chi connectivity index (χ0v) is 10.5. The highest BCUT2D eigenvalue weighted by atomic mass is 32.2. The van der Waals surface area contributed by atoms with E-state index in [-0.39, 0.29) is 11.9 Å². The lowest BCUT2D eigenvalue weighted by molar-refractivity contribution is 0.0738. The van der Waals surface area contributed by atoms with Gasteiger partial charge in [-0.05, 0) is 50.2 Å². The topological polar surface area (TPSA) is 46.5 Å². The van der Waals surface area contributed by atoms with Crippen molar-refractivity contribution >= 4 is 17.1 Å². The van der Waals surface area contributed by atoms with Gasteiger partial charge < -0.3 is 9.84 Å². The molecule has 4 heteroatoms. The van der Waals surface area contributed by atoms with Gasteiger partial charge in [0.1, 0.15) is 5.60 Å².